The Morgan fingerprint density at radius 2 is 1.52 bits per heavy atom. The number of unbranched alkanes of at least 4 members (excludes halogenated alkanes) is 7. The van der Waals surface area contributed by atoms with Crippen molar-refractivity contribution >= 4 is 5.97 Å². The van der Waals surface area contributed by atoms with Crippen LogP contribution in [0.2, 0.25) is 0 Å². The number of allylic oxidation sites excluding steroid dienone is 3. The van der Waals surface area contributed by atoms with Gasteiger partial charge in [0.25, 0.3) is 0 Å². The van der Waals surface area contributed by atoms with E-state index >= 15 is 0 Å². The Hall–Kier alpha value is -1.09. The first kappa shape index (κ1) is 19.9. The fraction of sp³-hybridized carbons (Fsp3) is 0.722. The molecule has 0 amide bonds. The normalized spacial score (nSPS) is 11.5. The van der Waals surface area contributed by atoms with Crippen molar-refractivity contribution in [3.05, 3.63) is 24.3 Å². The molecule has 3 nitrogen and oxygen atoms in total. The molecular weight excluding hydrogens is 264 g/mol. The molecule has 0 atom stereocenters. The van der Waals surface area contributed by atoms with Gasteiger partial charge >= 0.3 is 5.97 Å². The van der Waals surface area contributed by atoms with Gasteiger partial charge in [-0.25, -0.2) is 0 Å². The first-order chi connectivity index (χ1) is 10.3. The van der Waals surface area contributed by atoms with Gasteiger partial charge in [-0.1, -0.05) is 62.8 Å². The van der Waals surface area contributed by atoms with Gasteiger partial charge in [-0.3, -0.25) is 4.79 Å². The van der Waals surface area contributed by atoms with E-state index in [9.17, 15) is 4.79 Å². The van der Waals surface area contributed by atoms with Gasteiger partial charge in [0.15, 0.2) is 0 Å². The number of hydrogen-bond donors (Lipinski definition) is 0. The summed E-state index contributed by atoms with van der Waals surface area (Å²) in [4.78, 5) is 10.9. The number of methoxy groups -OCH3 is 1. The number of ether oxygens (including phenoxy) is 2. The van der Waals surface area contributed by atoms with Crippen molar-refractivity contribution in [1.82, 2.24) is 0 Å². The zero-order valence-electron chi connectivity index (χ0n) is 13.8. The molecule has 0 aromatic carbocycles. The SMILES string of the molecule is CC=CC=CCOCCCCCCCCCCC(=O)OC. The van der Waals surface area contributed by atoms with E-state index in [4.69, 9.17) is 4.74 Å². The summed E-state index contributed by atoms with van der Waals surface area (Å²) in [6, 6.07) is 0. The molecule has 0 bridgehead atoms. The van der Waals surface area contributed by atoms with Crippen LogP contribution in [0.25, 0.3) is 0 Å². The molecule has 0 spiro atoms. The highest BCUT2D eigenvalue weighted by Crippen LogP contribution is 2.10. The van der Waals surface area contributed by atoms with Gasteiger partial charge < -0.3 is 9.47 Å². The van der Waals surface area contributed by atoms with E-state index in [0.29, 0.717) is 13.0 Å². The average Bonchev–Trinajstić information content (AvgIpc) is 2.50. The highest BCUT2D eigenvalue weighted by Gasteiger charge is 1.98. The van der Waals surface area contributed by atoms with Gasteiger partial charge in [0.1, 0.15) is 0 Å². The molecule has 0 unspecified atom stereocenters. The smallest absolute Gasteiger partial charge is 0.305 e. The molecule has 0 N–H and O–H groups in total. The molecule has 0 aromatic heterocycles. The predicted molar refractivity (Wildman–Crippen MR) is 88.3 cm³/mol. The number of carbonyl (C=O) groups excluding carboxylic acids is 1. The standard InChI is InChI=1S/C18H32O3/c1-3-4-5-13-16-21-17-14-11-9-7-6-8-10-12-15-18(19)20-2/h3-5,13H,6-12,14-17H2,1-2H3. The van der Waals surface area contributed by atoms with Crippen LogP contribution < -0.4 is 0 Å². The Labute approximate surface area is 130 Å². The number of esters is 1. The van der Waals surface area contributed by atoms with Crippen molar-refractivity contribution in [3.8, 4) is 0 Å². The summed E-state index contributed by atoms with van der Waals surface area (Å²) in [6.07, 6.45) is 18.2. The van der Waals surface area contributed by atoms with E-state index in [-0.39, 0.29) is 5.97 Å². The van der Waals surface area contributed by atoms with Crippen molar-refractivity contribution < 1.29 is 14.3 Å². The highest BCUT2D eigenvalue weighted by molar-refractivity contribution is 5.68. The van der Waals surface area contributed by atoms with Gasteiger partial charge in [0, 0.05) is 13.0 Å². The lowest BCUT2D eigenvalue weighted by atomic mass is 10.1. The third kappa shape index (κ3) is 16.9. The van der Waals surface area contributed by atoms with Crippen LogP contribution in [0.15, 0.2) is 24.3 Å². The van der Waals surface area contributed by atoms with E-state index in [1.54, 1.807) is 0 Å². The van der Waals surface area contributed by atoms with E-state index in [2.05, 4.69) is 4.74 Å². The quantitative estimate of drug-likeness (QED) is 0.262. The lowest BCUT2D eigenvalue weighted by Gasteiger charge is -2.03. The Kier molecular flexibility index (Phi) is 16.1. The molecule has 0 heterocycles. The molecule has 0 aromatic rings. The minimum atomic E-state index is -0.0874. The number of carbonyl (C=O) groups is 1. The molecule has 0 aliphatic rings. The van der Waals surface area contributed by atoms with Gasteiger partial charge in [-0.15, -0.1) is 0 Å². The molecule has 0 aliphatic carbocycles. The summed E-state index contributed by atoms with van der Waals surface area (Å²) >= 11 is 0. The van der Waals surface area contributed by atoms with Crippen molar-refractivity contribution in [2.24, 2.45) is 0 Å². The largest absolute Gasteiger partial charge is 0.469 e. The van der Waals surface area contributed by atoms with Crippen LogP contribution in [0.5, 0.6) is 0 Å². The molecule has 0 rings (SSSR count). The monoisotopic (exact) mass is 296 g/mol. The fourth-order valence-corrected chi connectivity index (χ4v) is 2.03. The third-order valence-electron chi connectivity index (χ3n) is 3.30. The second-order valence-corrected chi connectivity index (χ2v) is 5.18. The Bertz CT molecular complexity index is 282. The molecule has 0 aliphatic heterocycles. The molecule has 0 radical (unpaired) electrons. The van der Waals surface area contributed by atoms with Gasteiger partial charge in [-0.05, 0) is 19.8 Å². The van der Waals surface area contributed by atoms with Crippen LogP contribution in [0, 0.1) is 0 Å². The summed E-state index contributed by atoms with van der Waals surface area (Å²) in [7, 11) is 1.45. The van der Waals surface area contributed by atoms with E-state index in [0.717, 1.165) is 25.9 Å². The minimum Gasteiger partial charge on any atom is -0.469 e. The minimum absolute atomic E-state index is 0.0874. The number of hydrogen-bond acceptors (Lipinski definition) is 3. The third-order valence-corrected chi connectivity index (χ3v) is 3.30. The van der Waals surface area contributed by atoms with Crippen molar-refractivity contribution in [2.45, 2.75) is 64.7 Å². The molecule has 122 valence electrons. The Morgan fingerprint density at radius 3 is 2.14 bits per heavy atom. The van der Waals surface area contributed by atoms with Crippen LogP contribution in [-0.2, 0) is 14.3 Å². The van der Waals surface area contributed by atoms with Gasteiger partial charge in [0.2, 0.25) is 0 Å². The zero-order chi connectivity index (χ0) is 15.6. The predicted octanol–water partition coefficient (Wildman–Crippen LogP) is 4.82. The van der Waals surface area contributed by atoms with E-state index in [1.807, 2.05) is 31.2 Å². The van der Waals surface area contributed by atoms with Gasteiger partial charge in [-0.2, -0.15) is 0 Å². The summed E-state index contributed by atoms with van der Waals surface area (Å²) in [5.41, 5.74) is 0. The number of rotatable bonds is 14. The Balaban J connectivity index is 3.07. The maximum atomic E-state index is 10.9. The zero-order valence-corrected chi connectivity index (χ0v) is 13.8. The maximum Gasteiger partial charge on any atom is 0.305 e. The van der Waals surface area contributed by atoms with Crippen molar-refractivity contribution in [1.29, 1.82) is 0 Å². The second kappa shape index (κ2) is 17.0. The van der Waals surface area contributed by atoms with Crippen LogP contribution in [0.1, 0.15) is 64.7 Å². The van der Waals surface area contributed by atoms with E-state index < -0.39 is 0 Å². The molecule has 21 heavy (non-hydrogen) atoms. The lowest BCUT2D eigenvalue weighted by molar-refractivity contribution is -0.140. The van der Waals surface area contributed by atoms with Crippen LogP contribution in [0.3, 0.4) is 0 Å². The maximum absolute atomic E-state index is 10.9. The summed E-state index contributed by atoms with van der Waals surface area (Å²) < 4.78 is 10.1. The molecule has 3 heteroatoms. The van der Waals surface area contributed by atoms with Crippen molar-refractivity contribution in [2.75, 3.05) is 20.3 Å². The molecule has 0 saturated heterocycles. The van der Waals surface area contributed by atoms with Crippen LogP contribution in [-0.4, -0.2) is 26.3 Å². The second-order valence-electron chi connectivity index (χ2n) is 5.18. The van der Waals surface area contributed by atoms with E-state index in [1.165, 1.54) is 39.2 Å². The first-order valence-electron chi connectivity index (χ1n) is 8.23. The molecule has 0 saturated carbocycles. The Morgan fingerprint density at radius 1 is 0.905 bits per heavy atom. The fourth-order valence-electron chi connectivity index (χ4n) is 2.03. The van der Waals surface area contributed by atoms with Gasteiger partial charge in [0.05, 0.1) is 13.7 Å². The molecular formula is C18H32O3. The van der Waals surface area contributed by atoms with Crippen molar-refractivity contribution in [3.63, 3.8) is 0 Å². The summed E-state index contributed by atoms with van der Waals surface area (Å²) in [5.74, 6) is -0.0874. The first-order valence-corrected chi connectivity index (χ1v) is 8.23. The summed E-state index contributed by atoms with van der Waals surface area (Å²) in [5, 5.41) is 0. The summed E-state index contributed by atoms with van der Waals surface area (Å²) in [6.45, 7) is 3.58. The van der Waals surface area contributed by atoms with Crippen LogP contribution in [0.4, 0.5) is 0 Å². The topological polar surface area (TPSA) is 35.5 Å². The highest BCUT2D eigenvalue weighted by atomic mass is 16.5. The lowest BCUT2D eigenvalue weighted by Crippen LogP contribution is -1.99. The molecule has 0 fully saturated rings. The average molecular weight is 296 g/mol. The van der Waals surface area contributed by atoms with Crippen LogP contribution >= 0.6 is 0 Å².